The van der Waals surface area contributed by atoms with Crippen LogP contribution in [0.15, 0.2) is 0 Å². The molecule has 1 saturated carbocycles. The van der Waals surface area contributed by atoms with Gasteiger partial charge in [0.05, 0.1) is 6.10 Å². The number of nitrogens with one attached hydrogen (secondary N) is 1. The molecule has 1 aromatic heterocycles. The van der Waals surface area contributed by atoms with Crippen molar-refractivity contribution in [1.29, 1.82) is 0 Å². The Labute approximate surface area is 126 Å². The van der Waals surface area contributed by atoms with Crippen molar-refractivity contribution >= 4 is 11.3 Å². The van der Waals surface area contributed by atoms with Gasteiger partial charge in [-0.25, -0.2) is 0 Å². The molecule has 4 nitrogen and oxygen atoms in total. The van der Waals surface area contributed by atoms with E-state index in [1.54, 1.807) is 11.3 Å². The third kappa shape index (κ3) is 5.11. The zero-order valence-corrected chi connectivity index (χ0v) is 13.5. The van der Waals surface area contributed by atoms with E-state index in [1.165, 1.54) is 29.3 Å². The summed E-state index contributed by atoms with van der Waals surface area (Å²) in [6.07, 6.45) is 7.41. The molecule has 1 aliphatic rings. The highest BCUT2D eigenvalue weighted by atomic mass is 32.1. The van der Waals surface area contributed by atoms with Gasteiger partial charge in [-0.05, 0) is 51.6 Å². The van der Waals surface area contributed by atoms with Crippen molar-refractivity contribution in [2.75, 3.05) is 19.7 Å². The molecule has 2 rings (SSSR count). The summed E-state index contributed by atoms with van der Waals surface area (Å²) in [6, 6.07) is 0. The van der Waals surface area contributed by atoms with E-state index in [-0.39, 0.29) is 0 Å². The molecular formula is C15H27N3OS. The lowest BCUT2D eigenvalue weighted by atomic mass is 9.80. The van der Waals surface area contributed by atoms with Crippen LogP contribution in [0.1, 0.15) is 49.5 Å². The van der Waals surface area contributed by atoms with Gasteiger partial charge in [-0.3, -0.25) is 0 Å². The first kappa shape index (κ1) is 15.9. The van der Waals surface area contributed by atoms with Crippen LogP contribution in [0.25, 0.3) is 0 Å². The van der Waals surface area contributed by atoms with E-state index in [1.807, 2.05) is 0 Å². The predicted octanol–water partition coefficient (Wildman–Crippen LogP) is 2.83. The minimum atomic E-state index is 0.502. The number of ether oxygens (including phenoxy) is 1. The molecule has 0 aliphatic heterocycles. The van der Waals surface area contributed by atoms with Crippen LogP contribution in [0.4, 0.5) is 0 Å². The van der Waals surface area contributed by atoms with Crippen molar-refractivity contribution in [1.82, 2.24) is 15.5 Å². The monoisotopic (exact) mass is 297 g/mol. The molecule has 114 valence electrons. The molecule has 1 aliphatic carbocycles. The van der Waals surface area contributed by atoms with Gasteiger partial charge in [-0.1, -0.05) is 6.92 Å². The van der Waals surface area contributed by atoms with Crippen LogP contribution in [0.5, 0.6) is 0 Å². The summed E-state index contributed by atoms with van der Waals surface area (Å²) < 4.78 is 5.60. The number of hydrogen-bond donors (Lipinski definition) is 1. The summed E-state index contributed by atoms with van der Waals surface area (Å²) in [4.78, 5) is 0. The highest BCUT2D eigenvalue weighted by molar-refractivity contribution is 7.11. The van der Waals surface area contributed by atoms with Gasteiger partial charge in [0.25, 0.3) is 0 Å². The molecule has 0 aromatic carbocycles. The zero-order valence-electron chi connectivity index (χ0n) is 12.7. The van der Waals surface area contributed by atoms with Crippen molar-refractivity contribution in [2.24, 2.45) is 5.92 Å². The van der Waals surface area contributed by atoms with Gasteiger partial charge in [0, 0.05) is 19.4 Å². The first-order valence-electron chi connectivity index (χ1n) is 7.95. The maximum atomic E-state index is 5.60. The number of aromatic nitrogens is 2. The van der Waals surface area contributed by atoms with Gasteiger partial charge in [0.2, 0.25) is 0 Å². The lowest BCUT2D eigenvalue weighted by Gasteiger charge is -2.34. The SMILES string of the molecule is CCCNCCCc1nnc(CC2CC(OCC)C2)s1. The highest BCUT2D eigenvalue weighted by Crippen LogP contribution is 2.33. The fraction of sp³-hybridized carbons (Fsp3) is 0.867. The molecule has 1 heterocycles. The van der Waals surface area contributed by atoms with Crippen molar-refractivity contribution < 1.29 is 4.74 Å². The summed E-state index contributed by atoms with van der Waals surface area (Å²) in [5, 5.41) is 14.5. The molecule has 0 unspecified atom stereocenters. The Kier molecular flexibility index (Phi) is 6.90. The topological polar surface area (TPSA) is 47.0 Å². The Morgan fingerprint density at radius 1 is 1.20 bits per heavy atom. The van der Waals surface area contributed by atoms with E-state index < -0.39 is 0 Å². The van der Waals surface area contributed by atoms with Gasteiger partial charge in [-0.15, -0.1) is 21.5 Å². The Hall–Kier alpha value is -0.520. The third-order valence-electron chi connectivity index (χ3n) is 3.74. The molecule has 0 atom stereocenters. The van der Waals surface area contributed by atoms with Gasteiger partial charge in [0.1, 0.15) is 10.0 Å². The van der Waals surface area contributed by atoms with Gasteiger partial charge >= 0.3 is 0 Å². The first-order chi connectivity index (χ1) is 9.81. The molecule has 0 saturated heterocycles. The van der Waals surface area contributed by atoms with E-state index in [0.717, 1.165) is 44.9 Å². The summed E-state index contributed by atoms with van der Waals surface area (Å²) >= 11 is 1.80. The number of hydrogen-bond acceptors (Lipinski definition) is 5. The van der Waals surface area contributed by atoms with Crippen molar-refractivity contribution in [3.8, 4) is 0 Å². The number of rotatable bonds is 10. The van der Waals surface area contributed by atoms with Crippen LogP contribution in [-0.2, 0) is 17.6 Å². The number of nitrogens with zero attached hydrogens (tertiary/aromatic N) is 2. The Morgan fingerprint density at radius 2 is 2.00 bits per heavy atom. The van der Waals surface area contributed by atoms with Crippen molar-refractivity contribution in [2.45, 2.75) is 58.5 Å². The Morgan fingerprint density at radius 3 is 2.75 bits per heavy atom. The van der Waals surface area contributed by atoms with Crippen LogP contribution in [0.3, 0.4) is 0 Å². The summed E-state index contributed by atoms with van der Waals surface area (Å²) in [7, 11) is 0. The lowest BCUT2D eigenvalue weighted by molar-refractivity contribution is -0.0240. The van der Waals surface area contributed by atoms with Crippen molar-refractivity contribution in [3.05, 3.63) is 10.0 Å². The van der Waals surface area contributed by atoms with Gasteiger partial charge in [0.15, 0.2) is 0 Å². The van der Waals surface area contributed by atoms with Crippen LogP contribution < -0.4 is 5.32 Å². The summed E-state index contributed by atoms with van der Waals surface area (Å²) in [6.45, 7) is 7.30. The lowest BCUT2D eigenvalue weighted by Crippen LogP contribution is -2.32. The molecule has 1 fully saturated rings. The molecule has 0 bridgehead atoms. The largest absolute Gasteiger partial charge is 0.378 e. The van der Waals surface area contributed by atoms with Crippen LogP contribution >= 0.6 is 11.3 Å². The Bertz CT molecular complexity index is 377. The van der Waals surface area contributed by atoms with E-state index in [2.05, 4.69) is 29.4 Å². The predicted molar refractivity (Wildman–Crippen MR) is 83.2 cm³/mol. The maximum absolute atomic E-state index is 5.60. The maximum Gasteiger partial charge on any atom is 0.117 e. The molecule has 1 N–H and O–H groups in total. The fourth-order valence-electron chi connectivity index (χ4n) is 2.60. The molecule has 0 radical (unpaired) electrons. The smallest absolute Gasteiger partial charge is 0.117 e. The van der Waals surface area contributed by atoms with Crippen LogP contribution in [0.2, 0.25) is 0 Å². The standard InChI is InChI=1S/C15H27N3OS/c1-3-7-16-8-5-6-14-17-18-15(20-14)11-12-9-13(10-12)19-4-2/h12-13,16H,3-11H2,1-2H3. The summed E-state index contributed by atoms with van der Waals surface area (Å²) in [5.74, 6) is 0.763. The third-order valence-corrected chi connectivity index (χ3v) is 4.74. The average molecular weight is 297 g/mol. The van der Waals surface area contributed by atoms with E-state index in [9.17, 15) is 0 Å². The van der Waals surface area contributed by atoms with Gasteiger partial charge < -0.3 is 10.1 Å². The van der Waals surface area contributed by atoms with E-state index >= 15 is 0 Å². The second-order valence-corrected chi connectivity index (χ2v) is 6.71. The second-order valence-electron chi connectivity index (χ2n) is 5.56. The van der Waals surface area contributed by atoms with Gasteiger partial charge in [-0.2, -0.15) is 0 Å². The molecule has 1 aromatic rings. The molecule has 0 spiro atoms. The molecule has 5 heteroatoms. The molecular weight excluding hydrogens is 270 g/mol. The fourth-order valence-corrected chi connectivity index (χ4v) is 3.60. The Balaban J connectivity index is 1.60. The quantitative estimate of drug-likeness (QED) is 0.675. The summed E-state index contributed by atoms with van der Waals surface area (Å²) in [5.41, 5.74) is 0. The highest BCUT2D eigenvalue weighted by Gasteiger charge is 2.30. The number of aryl methyl sites for hydroxylation is 1. The normalized spacial score (nSPS) is 21.9. The van der Waals surface area contributed by atoms with E-state index in [0.29, 0.717) is 6.10 Å². The van der Waals surface area contributed by atoms with E-state index in [4.69, 9.17) is 4.74 Å². The first-order valence-corrected chi connectivity index (χ1v) is 8.77. The molecule has 0 amide bonds. The van der Waals surface area contributed by atoms with Crippen LogP contribution in [0, 0.1) is 5.92 Å². The second kappa shape index (κ2) is 8.70. The zero-order chi connectivity index (χ0) is 14.2. The molecule has 20 heavy (non-hydrogen) atoms. The van der Waals surface area contributed by atoms with Crippen LogP contribution in [-0.4, -0.2) is 36.0 Å². The minimum absolute atomic E-state index is 0.502. The minimum Gasteiger partial charge on any atom is -0.378 e. The average Bonchev–Trinajstić information content (AvgIpc) is 2.84. The van der Waals surface area contributed by atoms with Crippen molar-refractivity contribution in [3.63, 3.8) is 0 Å².